The van der Waals surface area contributed by atoms with E-state index < -0.39 is 0 Å². The second-order valence-corrected chi connectivity index (χ2v) is 8.14. The van der Waals surface area contributed by atoms with Crippen LogP contribution in [0.1, 0.15) is 29.5 Å². The summed E-state index contributed by atoms with van der Waals surface area (Å²) in [6, 6.07) is 13.4. The van der Waals surface area contributed by atoms with Crippen LogP contribution in [0.5, 0.6) is 5.75 Å². The van der Waals surface area contributed by atoms with Crippen LogP contribution in [0.3, 0.4) is 0 Å². The van der Waals surface area contributed by atoms with E-state index in [0.717, 1.165) is 54.1 Å². The van der Waals surface area contributed by atoms with Crippen molar-refractivity contribution in [1.29, 1.82) is 0 Å². The van der Waals surface area contributed by atoms with Gasteiger partial charge in [-0.1, -0.05) is 30.3 Å². The average Bonchev–Trinajstić information content (AvgIpc) is 3.17. The summed E-state index contributed by atoms with van der Waals surface area (Å²) in [5.41, 5.74) is 3.68. The summed E-state index contributed by atoms with van der Waals surface area (Å²) in [6.07, 6.45) is 2.03. The van der Waals surface area contributed by atoms with Crippen molar-refractivity contribution in [2.75, 3.05) is 38.6 Å². The Hall–Kier alpha value is -2.86. The largest absolute Gasteiger partial charge is 0.497 e. The number of amides is 1. The van der Waals surface area contributed by atoms with Crippen molar-refractivity contribution in [2.45, 2.75) is 33.3 Å². The summed E-state index contributed by atoms with van der Waals surface area (Å²) in [5, 5.41) is 3.05. The molecule has 0 aliphatic carbocycles. The van der Waals surface area contributed by atoms with Crippen LogP contribution < -0.4 is 10.1 Å². The van der Waals surface area contributed by atoms with Gasteiger partial charge in [0.05, 0.1) is 20.2 Å². The molecule has 2 aromatic carbocycles. The Morgan fingerprint density at radius 2 is 1.63 bits per heavy atom. The third kappa shape index (κ3) is 5.60. The molecule has 1 fully saturated rings. The van der Waals surface area contributed by atoms with Gasteiger partial charge in [-0.05, 0) is 42.7 Å². The standard InChI is InChI=1S/C24H30N2O4/c1-18-13-21(29-3)14-19(2)24(18)25-22(27)15-26(11-7-8-12-26)16-23(28)30-17-20-9-5-4-6-10-20/h4-6,9-10,13-14H,7-8,11-12,15-17H2,1-3H3/p+1. The number of carbonyl (C=O) groups excluding carboxylic acids is 2. The molecule has 0 unspecified atom stereocenters. The van der Waals surface area contributed by atoms with E-state index in [1.54, 1.807) is 7.11 Å². The quantitative estimate of drug-likeness (QED) is 0.532. The number of esters is 1. The van der Waals surface area contributed by atoms with Crippen molar-refractivity contribution in [3.8, 4) is 5.75 Å². The Morgan fingerprint density at radius 3 is 2.23 bits per heavy atom. The van der Waals surface area contributed by atoms with Crippen molar-refractivity contribution < 1.29 is 23.5 Å². The summed E-state index contributed by atoms with van der Waals surface area (Å²) >= 11 is 0. The van der Waals surface area contributed by atoms with Gasteiger partial charge in [0.15, 0.2) is 13.1 Å². The Morgan fingerprint density at radius 1 is 1.00 bits per heavy atom. The first-order chi connectivity index (χ1) is 14.4. The number of benzene rings is 2. The average molecular weight is 412 g/mol. The number of rotatable bonds is 8. The summed E-state index contributed by atoms with van der Waals surface area (Å²) in [5.74, 6) is 0.432. The van der Waals surface area contributed by atoms with Gasteiger partial charge in [0.25, 0.3) is 5.91 Å². The van der Waals surface area contributed by atoms with Gasteiger partial charge in [-0.25, -0.2) is 4.79 Å². The molecule has 2 aromatic rings. The molecule has 1 aliphatic heterocycles. The van der Waals surface area contributed by atoms with Gasteiger partial charge in [0.2, 0.25) is 0 Å². The number of hydrogen-bond acceptors (Lipinski definition) is 4. The van der Waals surface area contributed by atoms with Crippen LogP contribution in [-0.2, 0) is 20.9 Å². The molecule has 0 atom stereocenters. The Kier molecular flexibility index (Phi) is 7.11. The number of anilines is 1. The number of hydrogen-bond donors (Lipinski definition) is 1. The Labute approximate surface area is 178 Å². The number of nitrogens with zero attached hydrogens (tertiary/aromatic N) is 1. The number of ether oxygens (including phenoxy) is 2. The molecule has 30 heavy (non-hydrogen) atoms. The lowest BCUT2D eigenvalue weighted by molar-refractivity contribution is -0.902. The highest BCUT2D eigenvalue weighted by atomic mass is 16.5. The molecule has 6 heteroatoms. The first-order valence-electron chi connectivity index (χ1n) is 10.4. The minimum absolute atomic E-state index is 0.0795. The molecule has 1 saturated heterocycles. The van der Waals surface area contributed by atoms with Gasteiger partial charge in [0, 0.05) is 18.5 Å². The van der Waals surface area contributed by atoms with Crippen molar-refractivity contribution in [1.82, 2.24) is 0 Å². The minimum atomic E-state index is -0.259. The van der Waals surface area contributed by atoms with E-state index in [2.05, 4.69) is 5.32 Å². The second-order valence-electron chi connectivity index (χ2n) is 8.14. The molecule has 0 saturated carbocycles. The number of quaternary nitrogens is 1. The molecular formula is C24H31N2O4+. The zero-order chi connectivity index (χ0) is 21.6. The SMILES string of the molecule is COc1cc(C)c(NC(=O)C[N+]2(CC(=O)OCc3ccccc3)CCCC2)c(C)c1. The van der Waals surface area contributed by atoms with Gasteiger partial charge < -0.3 is 19.3 Å². The maximum atomic E-state index is 12.9. The lowest BCUT2D eigenvalue weighted by Gasteiger charge is -2.32. The van der Waals surface area contributed by atoms with E-state index in [4.69, 9.17) is 9.47 Å². The monoisotopic (exact) mass is 411 g/mol. The zero-order valence-electron chi connectivity index (χ0n) is 18.1. The molecule has 0 aromatic heterocycles. The predicted molar refractivity (Wildman–Crippen MR) is 116 cm³/mol. The highest BCUT2D eigenvalue weighted by Gasteiger charge is 2.37. The molecule has 1 N–H and O–H groups in total. The van der Waals surface area contributed by atoms with Gasteiger partial charge in [-0.3, -0.25) is 4.79 Å². The molecule has 0 radical (unpaired) electrons. The van der Waals surface area contributed by atoms with Gasteiger partial charge >= 0.3 is 5.97 Å². The number of aryl methyl sites for hydroxylation is 2. The van der Waals surface area contributed by atoms with Crippen molar-refractivity contribution in [3.05, 3.63) is 59.2 Å². The van der Waals surface area contributed by atoms with Crippen LogP contribution in [0.2, 0.25) is 0 Å². The van der Waals surface area contributed by atoms with E-state index >= 15 is 0 Å². The van der Waals surface area contributed by atoms with Crippen LogP contribution in [0.25, 0.3) is 0 Å². The molecule has 0 bridgehead atoms. The van der Waals surface area contributed by atoms with E-state index in [1.165, 1.54) is 0 Å². The highest BCUT2D eigenvalue weighted by Crippen LogP contribution is 2.27. The third-order valence-electron chi connectivity index (χ3n) is 5.71. The number of nitrogens with one attached hydrogen (secondary N) is 1. The normalized spacial score (nSPS) is 14.9. The Bertz CT molecular complexity index is 866. The van der Waals surface area contributed by atoms with E-state index in [1.807, 2.05) is 56.3 Å². The van der Waals surface area contributed by atoms with E-state index in [0.29, 0.717) is 4.48 Å². The summed E-state index contributed by atoms with van der Waals surface area (Å²) in [6.45, 7) is 6.28. The minimum Gasteiger partial charge on any atom is -0.497 e. The second kappa shape index (κ2) is 9.76. The highest BCUT2D eigenvalue weighted by molar-refractivity contribution is 5.93. The number of carbonyl (C=O) groups is 2. The van der Waals surface area contributed by atoms with Crippen molar-refractivity contribution >= 4 is 17.6 Å². The number of likely N-dealkylation sites (tertiary alicyclic amines) is 1. The van der Waals surface area contributed by atoms with Gasteiger partial charge in [0.1, 0.15) is 12.4 Å². The van der Waals surface area contributed by atoms with E-state index in [9.17, 15) is 9.59 Å². The molecule has 1 heterocycles. The molecule has 1 amide bonds. The lowest BCUT2D eigenvalue weighted by atomic mass is 10.1. The fraction of sp³-hybridized carbons (Fsp3) is 0.417. The maximum Gasteiger partial charge on any atom is 0.362 e. The predicted octanol–water partition coefficient (Wildman–Crippen LogP) is 3.60. The molecule has 3 rings (SSSR count). The van der Waals surface area contributed by atoms with E-state index in [-0.39, 0.29) is 31.6 Å². The van der Waals surface area contributed by atoms with Gasteiger partial charge in [-0.15, -0.1) is 0 Å². The Balaban J connectivity index is 1.62. The van der Waals surface area contributed by atoms with Crippen LogP contribution in [0.15, 0.2) is 42.5 Å². The fourth-order valence-corrected chi connectivity index (χ4v) is 4.16. The third-order valence-corrected chi connectivity index (χ3v) is 5.71. The maximum absolute atomic E-state index is 12.9. The van der Waals surface area contributed by atoms with Gasteiger partial charge in [-0.2, -0.15) is 0 Å². The van der Waals surface area contributed by atoms with Crippen LogP contribution in [0, 0.1) is 13.8 Å². The first-order valence-corrected chi connectivity index (χ1v) is 10.4. The first kappa shape index (κ1) is 21.8. The summed E-state index contributed by atoms with van der Waals surface area (Å²) in [7, 11) is 1.63. The number of methoxy groups -OCH3 is 1. The van der Waals surface area contributed by atoms with Crippen LogP contribution in [-0.4, -0.2) is 49.6 Å². The van der Waals surface area contributed by atoms with Crippen molar-refractivity contribution in [3.63, 3.8) is 0 Å². The molecule has 6 nitrogen and oxygen atoms in total. The zero-order valence-corrected chi connectivity index (χ0v) is 18.1. The summed E-state index contributed by atoms with van der Waals surface area (Å²) < 4.78 is 11.2. The molecule has 0 spiro atoms. The van der Waals surface area contributed by atoms with Crippen LogP contribution in [0.4, 0.5) is 5.69 Å². The van der Waals surface area contributed by atoms with Crippen LogP contribution >= 0.6 is 0 Å². The molecular weight excluding hydrogens is 380 g/mol. The molecule has 160 valence electrons. The fourth-order valence-electron chi connectivity index (χ4n) is 4.16. The molecule has 1 aliphatic rings. The van der Waals surface area contributed by atoms with Crippen molar-refractivity contribution in [2.24, 2.45) is 0 Å². The summed E-state index contributed by atoms with van der Waals surface area (Å²) in [4.78, 5) is 25.4. The smallest absolute Gasteiger partial charge is 0.362 e. The topological polar surface area (TPSA) is 64.6 Å². The lowest BCUT2D eigenvalue weighted by Crippen LogP contribution is -2.53.